The van der Waals surface area contributed by atoms with Crippen LogP contribution in [0.25, 0.3) is 0 Å². The minimum absolute atomic E-state index is 0.128. The Morgan fingerprint density at radius 2 is 1.94 bits per heavy atom. The molecule has 1 fully saturated rings. The van der Waals surface area contributed by atoms with Crippen LogP contribution >= 0.6 is 0 Å². The van der Waals surface area contributed by atoms with Gasteiger partial charge in [0.25, 0.3) is 0 Å². The first kappa shape index (κ1) is 15.9. The molecule has 0 bridgehead atoms. The van der Waals surface area contributed by atoms with E-state index in [1.807, 2.05) is 6.92 Å². The van der Waals surface area contributed by atoms with Crippen molar-refractivity contribution < 1.29 is 13.5 Å². The maximum atomic E-state index is 11.9. The lowest BCUT2D eigenvalue weighted by Crippen LogP contribution is -2.34. The summed E-state index contributed by atoms with van der Waals surface area (Å²) in [5.41, 5.74) is 0. The molecule has 0 amide bonds. The molecule has 0 saturated heterocycles. The number of aliphatic hydroxyl groups excluding tert-OH is 1. The second kappa shape index (κ2) is 8.12. The van der Waals surface area contributed by atoms with E-state index in [9.17, 15) is 8.42 Å². The molecule has 0 radical (unpaired) electrons. The monoisotopic (exact) mass is 277 g/mol. The van der Waals surface area contributed by atoms with Gasteiger partial charge in [0.05, 0.1) is 5.75 Å². The van der Waals surface area contributed by atoms with Crippen LogP contribution in [0.1, 0.15) is 51.9 Å². The molecule has 0 aromatic carbocycles. The molecule has 108 valence electrons. The van der Waals surface area contributed by atoms with Crippen LogP contribution in [0.15, 0.2) is 0 Å². The minimum atomic E-state index is -3.14. The van der Waals surface area contributed by atoms with Gasteiger partial charge < -0.3 is 5.11 Å². The van der Waals surface area contributed by atoms with E-state index in [-0.39, 0.29) is 18.3 Å². The SMILES string of the molecule is CCC(CCO)CNS(=O)(=O)CC1CCCCC1. The van der Waals surface area contributed by atoms with Crippen molar-refractivity contribution in [1.29, 1.82) is 0 Å². The van der Waals surface area contributed by atoms with Crippen LogP contribution in [0.3, 0.4) is 0 Å². The predicted octanol–water partition coefficient (Wildman–Crippen LogP) is 1.89. The molecule has 0 spiro atoms. The first-order chi connectivity index (χ1) is 8.57. The molecule has 1 aliphatic rings. The summed E-state index contributed by atoms with van der Waals surface area (Å²) in [6.45, 7) is 2.62. The minimum Gasteiger partial charge on any atom is -0.396 e. The summed E-state index contributed by atoms with van der Waals surface area (Å²) in [5.74, 6) is 0.869. The second-order valence-corrected chi connectivity index (χ2v) is 7.27. The topological polar surface area (TPSA) is 66.4 Å². The van der Waals surface area contributed by atoms with Gasteiger partial charge >= 0.3 is 0 Å². The van der Waals surface area contributed by atoms with Crippen LogP contribution in [0, 0.1) is 11.8 Å². The van der Waals surface area contributed by atoms with Crippen molar-refractivity contribution in [3.05, 3.63) is 0 Å². The van der Waals surface area contributed by atoms with E-state index in [2.05, 4.69) is 4.72 Å². The number of aliphatic hydroxyl groups is 1. The molecule has 1 saturated carbocycles. The summed E-state index contributed by atoms with van der Waals surface area (Å²) in [6, 6.07) is 0. The van der Waals surface area contributed by atoms with Crippen LogP contribution in [0.2, 0.25) is 0 Å². The summed E-state index contributed by atoms with van der Waals surface area (Å²) in [6.07, 6.45) is 7.25. The van der Waals surface area contributed by atoms with Crippen LogP contribution in [0.5, 0.6) is 0 Å². The molecule has 0 aromatic heterocycles. The molecule has 0 heterocycles. The van der Waals surface area contributed by atoms with E-state index >= 15 is 0 Å². The highest BCUT2D eigenvalue weighted by atomic mass is 32.2. The van der Waals surface area contributed by atoms with E-state index in [0.29, 0.717) is 18.9 Å². The smallest absolute Gasteiger partial charge is 0.211 e. The maximum absolute atomic E-state index is 11.9. The van der Waals surface area contributed by atoms with Crippen molar-refractivity contribution in [3.8, 4) is 0 Å². The number of nitrogens with one attached hydrogen (secondary N) is 1. The van der Waals surface area contributed by atoms with Crippen LogP contribution in [-0.4, -0.2) is 32.4 Å². The third kappa shape index (κ3) is 6.16. The fourth-order valence-corrected chi connectivity index (χ4v) is 4.16. The molecule has 0 aliphatic heterocycles. The lowest BCUT2D eigenvalue weighted by molar-refractivity contribution is 0.254. The van der Waals surface area contributed by atoms with Gasteiger partial charge in [0, 0.05) is 13.2 Å². The van der Waals surface area contributed by atoms with E-state index in [0.717, 1.165) is 19.3 Å². The Balaban J connectivity index is 2.33. The molecule has 5 heteroatoms. The Kier molecular flexibility index (Phi) is 7.19. The lowest BCUT2D eigenvalue weighted by atomic mass is 9.91. The Morgan fingerprint density at radius 3 is 2.50 bits per heavy atom. The summed E-state index contributed by atoms with van der Waals surface area (Å²) < 4.78 is 26.6. The third-order valence-electron chi connectivity index (χ3n) is 3.89. The van der Waals surface area contributed by atoms with Crippen LogP contribution < -0.4 is 4.72 Å². The first-order valence-electron chi connectivity index (χ1n) is 7.15. The van der Waals surface area contributed by atoms with Gasteiger partial charge in [-0.1, -0.05) is 32.6 Å². The summed E-state index contributed by atoms with van der Waals surface area (Å²) >= 11 is 0. The number of rotatable bonds is 8. The van der Waals surface area contributed by atoms with Crippen LogP contribution in [-0.2, 0) is 10.0 Å². The van der Waals surface area contributed by atoms with Crippen molar-refractivity contribution in [2.75, 3.05) is 18.9 Å². The second-order valence-electron chi connectivity index (χ2n) is 5.42. The average Bonchev–Trinajstić information content (AvgIpc) is 2.35. The normalized spacial score (nSPS) is 19.9. The first-order valence-corrected chi connectivity index (χ1v) is 8.80. The lowest BCUT2D eigenvalue weighted by Gasteiger charge is -2.22. The largest absolute Gasteiger partial charge is 0.396 e. The van der Waals surface area contributed by atoms with E-state index in [1.54, 1.807) is 0 Å². The number of hydrogen-bond donors (Lipinski definition) is 2. The highest BCUT2D eigenvalue weighted by Crippen LogP contribution is 2.24. The Morgan fingerprint density at radius 1 is 1.28 bits per heavy atom. The summed E-state index contributed by atoms with van der Waals surface area (Å²) in [4.78, 5) is 0. The van der Waals surface area contributed by atoms with Gasteiger partial charge in [0.1, 0.15) is 0 Å². The quantitative estimate of drug-likeness (QED) is 0.712. The maximum Gasteiger partial charge on any atom is 0.211 e. The highest BCUT2D eigenvalue weighted by Gasteiger charge is 2.21. The van der Waals surface area contributed by atoms with Gasteiger partial charge in [-0.2, -0.15) is 0 Å². The third-order valence-corrected chi connectivity index (χ3v) is 5.40. The molecule has 18 heavy (non-hydrogen) atoms. The van der Waals surface area contributed by atoms with Gasteiger partial charge in [-0.25, -0.2) is 13.1 Å². The predicted molar refractivity (Wildman–Crippen MR) is 73.8 cm³/mol. The molecule has 0 aromatic rings. The Labute approximate surface area is 111 Å². The number of hydrogen-bond acceptors (Lipinski definition) is 3. The number of sulfonamides is 1. The molecule has 1 atom stereocenters. The fourth-order valence-electron chi connectivity index (χ4n) is 2.60. The Hall–Kier alpha value is -0.130. The zero-order valence-electron chi connectivity index (χ0n) is 11.4. The highest BCUT2D eigenvalue weighted by molar-refractivity contribution is 7.89. The summed E-state index contributed by atoms with van der Waals surface area (Å²) in [7, 11) is -3.14. The standard InChI is InChI=1S/C13H27NO3S/c1-2-12(8-9-15)10-14-18(16,17)11-13-6-4-3-5-7-13/h12-15H,2-11H2,1H3. The Bertz CT molecular complexity index is 310. The van der Waals surface area contributed by atoms with Crippen molar-refractivity contribution in [3.63, 3.8) is 0 Å². The zero-order valence-corrected chi connectivity index (χ0v) is 12.2. The van der Waals surface area contributed by atoms with Gasteiger partial charge in [-0.3, -0.25) is 0 Å². The molecule has 1 unspecified atom stereocenters. The van der Waals surface area contributed by atoms with Gasteiger partial charge in [-0.05, 0) is 31.1 Å². The van der Waals surface area contributed by atoms with Gasteiger partial charge in [-0.15, -0.1) is 0 Å². The van der Waals surface area contributed by atoms with E-state index in [1.165, 1.54) is 19.3 Å². The van der Waals surface area contributed by atoms with Crippen molar-refractivity contribution in [2.45, 2.75) is 51.9 Å². The molecule has 1 rings (SSSR count). The van der Waals surface area contributed by atoms with Crippen LogP contribution in [0.4, 0.5) is 0 Å². The van der Waals surface area contributed by atoms with Crippen molar-refractivity contribution in [2.24, 2.45) is 11.8 Å². The zero-order chi connectivity index (χ0) is 13.4. The van der Waals surface area contributed by atoms with Crippen molar-refractivity contribution in [1.82, 2.24) is 4.72 Å². The molecular weight excluding hydrogens is 250 g/mol. The average molecular weight is 277 g/mol. The molecular formula is C13H27NO3S. The molecule has 4 nitrogen and oxygen atoms in total. The fraction of sp³-hybridized carbons (Fsp3) is 1.00. The molecule has 1 aliphatic carbocycles. The summed E-state index contributed by atoms with van der Waals surface area (Å²) in [5, 5.41) is 8.88. The molecule has 2 N–H and O–H groups in total. The van der Waals surface area contributed by atoms with E-state index < -0.39 is 10.0 Å². The van der Waals surface area contributed by atoms with Gasteiger partial charge in [0.2, 0.25) is 10.0 Å². The van der Waals surface area contributed by atoms with E-state index in [4.69, 9.17) is 5.11 Å². The van der Waals surface area contributed by atoms with Crippen molar-refractivity contribution >= 4 is 10.0 Å². The van der Waals surface area contributed by atoms with Gasteiger partial charge in [0.15, 0.2) is 0 Å².